The molecule has 1 aromatic carbocycles. The molecule has 2 aromatic rings. The van der Waals surface area contributed by atoms with Crippen LogP contribution >= 0.6 is 11.6 Å². The summed E-state index contributed by atoms with van der Waals surface area (Å²) in [6, 6.07) is 5.30. The van der Waals surface area contributed by atoms with Crippen molar-refractivity contribution in [3.05, 3.63) is 35.0 Å². The van der Waals surface area contributed by atoms with Crippen LogP contribution in [0.25, 0.3) is 10.9 Å². The minimum Gasteiger partial charge on any atom is -0.497 e. The summed E-state index contributed by atoms with van der Waals surface area (Å²) in [5, 5.41) is 11.0. The van der Waals surface area contributed by atoms with E-state index in [4.69, 9.17) is 16.3 Å². The Hall–Kier alpha value is -1.92. The first-order valence-corrected chi connectivity index (χ1v) is 13.0. The Balaban J connectivity index is 1.39. The van der Waals surface area contributed by atoms with Gasteiger partial charge in [0.1, 0.15) is 11.9 Å². The highest BCUT2D eigenvalue weighted by Gasteiger charge is 2.42. The molecule has 0 radical (unpaired) electrons. The third-order valence-corrected chi connectivity index (χ3v) is 8.40. The maximum atomic E-state index is 15.6. The molecule has 0 bridgehead atoms. The number of nitrogens with zero attached hydrogens (tertiary/aromatic N) is 2. The third kappa shape index (κ3) is 5.65. The number of hydrogen-bond acceptors (Lipinski definition) is 4. The Bertz CT molecular complexity index is 987. The fourth-order valence-corrected chi connectivity index (χ4v) is 6.05. The van der Waals surface area contributed by atoms with Crippen molar-refractivity contribution in [3.63, 3.8) is 0 Å². The highest BCUT2D eigenvalue weighted by Crippen LogP contribution is 2.42. The van der Waals surface area contributed by atoms with Crippen LogP contribution in [-0.2, 0) is 4.79 Å². The number of methoxy groups -OCH3 is 1. The molecule has 2 heterocycles. The molecule has 1 saturated heterocycles. The number of benzene rings is 1. The quantitative estimate of drug-likeness (QED) is 0.417. The number of aromatic nitrogens is 1. The number of fused-ring (bicyclic) bond motifs is 1. The molecule has 1 aliphatic heterocycles. The second-order valence-corrected chi connectivity index (χ2v) is 10.5. The zero-order chi connectivity index (χ0) is 24.1. The summed E-state index contributed by atoms with van der Waals surface area (Å²) in [5.41, 5.74) is 0.136. The second kappa shape index (κ2) is 11.2. The minimum atomic E-state index is -1.37. The van der Waals surface area contributed by atoms with Crippen LogP contribution < -0.4 is 4.74 Å². The molecule has 0 amide bonds. The zero-order valence-corrected chi connectivity index (χ0v) is 20.8. The zero-order valence-electron chi connectivity index (χ0n) is 20.1. The molecule has 186 valence electrons. The molecule has 1 aromatic heterocycles. The van der Waals surface area contributed by atoms with E-state index in [1.54, 1.807) is 25.3 Å². The molecule has 1 unspecified atom stereocenters. The van der Waals surface area contributed by atoms with Crippen molar-refractivity contribution >= 4 is 28.5 Å². The Morgan fingerprint density at radius 1 is 1.29 bits per heavy atom. The monoisotopic (exact) mass is 490 g/mol. The van der Waals surface area contributed by atoms with Gasteiger partial charge < -0.3 is 14.7 Å². The Kier molecular flexibility index (Phi) is 8.30. The normalized spacial score (nSPS) is 20.3. The standard InChI is InChI=1S/C27H36ClFN2O3/c1-34-20-7-8-24-21(17-20)25(22(28)18-30-24)23(29)9-11-27(26(32)33)12-15-31(16-13-27)14-10-19-5-3-2-4-6-19/h7-8,17-19,23H,2-6,9-16H2,1H3,(H,32,33). The smallest absolute Gasteiger partial charge is 0.309 e. The largest absolute Gasteiger partial charge is 0.497 e. The van der Waals surface area contributed by atoms with Crippen molar-refractivity contribution in [3.8, 4) is 5.75 Å². The van der Waals surface area contributed by atoms with Crippen LogP contribution in [0, 0.1) is 11.3 Å². The van der Waals surface area contributed by atoms with Crippen molar-refractivity contribution in [1.29, 1.82) is 0 Å². The Labute approximate surface area is 206 Å². The molecule has 1 N–H and O–H groups in total. The van der Waals surface area contributed by atoms with Crippen LogP contribution in [0.4, 0.5) is 4.39 Å². The number of pyridine rings is 1. The molecule has 1 atom stereocenters. The van der Waals surface area contributed by atoms with E-state index in [-0.39, 0.29) is 11.4 Å². The fraction of sp³-hybridized carbons (Fsp3) is 0.630. The van der Waals surface area contributed by atoms with Crippen LogP contribution in [-0.4, -0.2) is 47.7 Å². The fourth-order valence-electron chi connectivity index (χ4n) is 5.78. The minimum absolute atomic E-state index is 0.115. The summed E-state index contributed by atoms with van der Waals surface area (Å²) >= 11 is 6.36. The molecule has 2 aliphatic rings. The molecule has 1 aliphatic carbocycles. The van der Waals surface area contributed by atoms with Gasteiger partial charge in [-0.05, 0) is 75.9 Å². The van der Waals surface area contributed by atoms with E-state index in [1.165, 1.54) is 44.7 Å². The van der Waals surface area contributed by atoms with Crippen molar-refractivity contribution in [2.45, 2.75) is 70.4 Å². The molecular weight excluding hydrogens is 455 g/mol. The number of hydrogen-bond donors (Lipinski definition) is 1. The molecule has 4 rings (SSSR count). The Morgan fingerprint density at radius 2 is 2.03 bits per heavy atom. The van der Waals surface area contributed by atoms with Gasteiger partial charge in [-0.1, -0.05) is 43.7 Å². The number of halogens is 2. The van der Waals surface area contributed by atoms with Gasteiger partial charge in [-0.3, -0.25) is 9.78 Å². The summed E-state index contributed by atoms with van der Waals surface area (Å²) in [6.45, 7) is 2.59. The number of ether oxygens (including phenoxy) is 1. The van der Waals surface area contributed by atoms with Crippen molar-refractivity contribution in [2.24, 2.45) is 11.3 Å². The number of rotatable bonds is 9. The highest BCUT2D eigenvalue weighted by atomic mass is 35.5. The maximum Gasteiger partial charge on any atom is 0.309 e. The number of aliphatic carboxylic acids is 1. The van der Waals surface area contributed by atoms with Gasteiger partial charge in [0.15, 0.2) is 0 Å². The average molecular weight is 491 g/mol. The van der Waals surface area contributed by atoms with E-state index in [2.05, 4.69) is 9.88 Å². The number of carboxylic acids is 1. The first-order valence-electron chi connectivity index (χ1n) is 12.6. The van der Waals surface area contributed by atoms with E-state index in [0.717, 1.165) is 25.6 Å². The van der Waals surface area contributed by atoms with Crippen molar-refractivity contribution < 1.29 is 19.0 Å². The van der Waals surface area contributed by atoms with E-state index in [9.17, 15) is 9.90 Å². The van der Waals surface area contributed by atoms with Crippen LogP contribution in [0.15, 0.2) is 24.4 Å². The lowest BCUT2D eigenvalue weighted by molar-refractivity contribution is -0.153. The average Bonchev–Trinajstić information content (AvgIpc) is 2.86. The number of likely N-dealkylation sites (tertiary alicyclic amines) is 1. The SMILES string of the molecule is COc1ccc2ncc(Cl)c(C(F)CCC3(C(=O)O)CCN(CCC4CCCCC4)CC3)c2c1. The molecule has 34 heavy (non-hydrogen) atoms. The molecule has 5 nitrogen and oxygen atoms in total. The van der Waals surface area contributed by atoms with Gasteiger partial charge in [0, 0.05) is 17.1 Å². The van der Waals surface area contributed by atoms with Gasteiger partial charge in [-0.15, -0.1) is 0 Å². The van der Waals surface area contributed by atoms with Crippen LogP contribution in [0.5, 0.6) is 5.75 Å². The lowest BCUT2D eigenvalue weighted by Gasteiger charge is -2.39. The molecule has 7 heteroatoms. The van der Waals surface area contributed by atoms with Crippen molar-refractivity contribution in [2.75, 3.05) is 26.7 Å². The van der Waals surface area contributed by atoms with Crippen molar-refractivity contribution in [1.82, 2.24) is 9.88 Å². The van der Waals surface area contributed by atoms with Gasteiger partial charge in [-0.2, -0.15) is 0 Å². The lowest BCUT2D eigenvalue weighted by atomic mass is 9.74. The van der Waals surface area contributed by atoms with Gasteiger partial charge in [0.2, 0.25) is 0 Å². The van der Waals surface area contributed by atoms with Gasteiger partial charge in [0.05, 0.1) is 23.1 Å². The topological polar surface area (TPSA) is 62.7 Å². The first-order chi connectivity index (χ1) is 16.4. The number of carbonyl (C=O) groups is 1. The molecule has 2 fully saturated rings. The van der Waals surface area contributed by atoms with E-state index < -0.39 is 17.6 Å². The Morgan fingerprint density at radius 3 is 2.71 bits per heavy atom. The summed E-state index contributed by atoms with van der Waals surface area (Å²) in [6.07, 6.45) is 9.59. The van der Waals surface area contributed by atoms with Crippen LogP contribution in [0.1, 0.15) is 75.9 Å². The number of piperidine rings is 1. The highest BCUT2D eigenvalue weighted by molar-refractivity contribution is 6.32. The van der Waals surface area contributed by atoms with E-state index >= 15 is 4.39 Å². The molecule has 1 saturated carbocycles. The van der Waals surface area contributed by atoms with Gasteiger partial charge in [-0.25, -0.2) is 4.39 Å². The summed E-state index contributed by atoms with van der Waals surface area (Å²) in [5.74, 6) is 0.623. The van der Waals surface area contributed by atoms with Crippen LogP contribution in [0.2, 0.25) is 5.02 Å². The predicted molar refractivity (Wildman–Crippen MR) is 133 cm³/mol. The second-order valence-electron chi connectivity index (χ2n) is 10.1. The molecular formula is C27H36ClFN2O3. The summed E-state index contributed by atoms with van der Waals surface area (Å²) < 4.78 is 20.9. The molecule has 0 spiro atoms. The first kappa shape index (κ1) is 25.2. The van der Waals surface area contributed by atoms with Gasteiger partial charge in [0.25, 0.3) is 0 Å². The summed E-state index contributed by atoms with van der Waals surface area (Å²) in [7, 11) is 1.56. The number of alkyl halides is 1. The number of carboxylic acid groups (broad SMARTS) is 1. The van der Waals surface area contributed by atoms with E-state index in [0.29, 0.717) is 41.5 Å². The third-order valence-electron chi connectivity index (χ3n) is 8.10. The summed E-state index contributed by atoms with van der Waals surface area (Å²) in [4.78, 5) is 19.0. The van der Waals surface area contributed by atoms with Gasteiger partial charge >= 0.3 is 5.97 Å². The van der Waals surface area contributed by atoms with Crippen LogP contribution in [0.3, 0.4) is 0 Å². The lowest BCUT2D eigenvalue weighted by Crippen LogP contribution is -2.45. The maximum absolute atomic E-state index is 15.6. The predicted octanol–water partition coefficient (Wildman–Crippen LogP) is 6.82. The van der Waals surface area contributed by atoms with E-state index in [1.807, 2.05) is 0 Å².